The van der Waals surface area contributed by atoms with E-state index in [4.69, 9.17) is 9.47 Å². The predicted octanol–water partition coefficient (Wildman–Crippen LogP) is 9.07. The van der Waals surface area contributed by atoms with Gasteiger partial charge in [-0.15, -0.1) is 0 Å². The van der Waals surface area contributed by atoms with Crippen molar-refractivity contribution in [3.05, 3.63) is 35.9 Å². The number of hydrogen-bond donors (Lipinski definition) is 1. The maximum Gasteiger partial charge on any atom is 0.460 e. The number of methoxy groups -OCH3 is 1. The van der Waals surface area contributed by atoms with Crippen LogP contribution in [0.1, 0.15) is 53.0 Å². The van der Waals surface area contributed by atoms with Gasteiger partial charge in [-0.05, 0) is 33.1 Å². The van der Waals surface area contributed by atoms with Gasteiger partial charge in [-0.3, -0.25) is 0 Å². The highest BCUT2D eigenvalue weighted by molar-refractivity contribution is 5.83. The molecule has 0 saturated carbocycles. The molecule has 3 atom stereocenters. The standard InChI is InChI=1S/C28H31F16NO5/c1-14(2)17(45-19(47)50-20(3,4)5)16(49-18(46)22(48-6,27(39,40)41)15-10-8-7-9-11-15)12-13-21(29,30)23(31,32)24(33,34)25(35,36)26(37,38)28(42,43)44/h7-11,14,16-17H,12-13H2,1-6H3,(H,45,47)/t16-,17+,22-/m1/s1. The molecule has 1 N–H and O–H groups in total. The van der Waals surface area contributed by atoms with Gasteiger partial charge in [0.2, 0.25) is 0 Å². The van der Waals surface area contributed by atoms with Gasteiger partial charge in [0, 0.05) is 19.1 Å². The highest BCUT2D eigenvalue weighted by atomic mass is 19.4. The first-order chi connectivity index (χ1) is 22.1. The second kappa shape index (κ2) is 14.4. The first kappa shape index (κ1) is 44.8. The molecule has 0 heterocycles. The summed E-state index contributed by atoms with van der Waals surface area (Å²) >= 11 is 0. The number of halogens is 16. The van der Waals surface area contributed by atoms with E-state index in [0.717, 1.165) is 26.0 Å². The molecule has 0 spiro atoms. The molecule has 0 aliphatic carbocycles. The number of alkyl carbamates (subject to hydrolysis) is 1. The Labute approximate surface area is 273 Å². The maximum atomic E-state index is 14.8. The molecule has 0 aliphatic heterocycles. The molecule has 0 aliphatic rings. The number of ether oxygens (including phenoxy) is 3. The summed E-state index contributed by atoms with van der Waals surface area (Å²) in [7, 11) is 0.337. The lowest BCUT2D eigenvalue weighted by molar-refractivity contribution is -0.440. The Bertz CT molecular complexity index is 1310. The Kier molecular flexibility index (Phi) is 12.9. The first-order valence-corrected chi connectivity index (χ1v) is 13.9. The monoisotopic (exact) mass is 765 g/mol. The molecule has 0 radical (unpaired) electrons. The van der Waals surface area contributed by atoms with Crippen LogP contribution in [0.4, 0.5) is 75.0 Å². The molecule has 1 aromatic rings. The van der Waals surface area contributed by atoms with Gasteiger partial charge < -0.3 is 19.5 Å². The molecule has 1 amide bonds. The average molecular weight is 766 g/mol. The molecule has 22 heteroatoms. The zero-order chi connectivity index (χ0) is 39.7. The highest BCUT2D eigenvalue weighted by Crippen LogP contribution is 2.61. The molecular weight excluding hydrogens is 734 g/mol. The van der Waals surface area contributed by atoms with E-state index in [0.29, 0.717) is 19.2 Å². The lowest BCUT2D eigenvalue weighted by atomic mass is 9.88. The fraction of sp³-hybridized carbons (Fsp3) is 0.714. The van der Waals surface area contributed by atoms with Crippen LogP contribution in [-0.4, -0.2) is 78.9 Å². The van der Waals surface area contributed by atoms with Crippen molar-refractivity contribution in [1.82, 2.24) is 5.32 Å². The molecular formula is C28H31F16NO5. The summed E-state index contributed by atoms with van der Waals surface area (Å²) in [6, 6.07) is 2.44. The molecule has 6 nitrogen and oxygen atoms in total. The van der Waals surface area contributed by atoms with Gasteiger partial charge in [0.25, 0.3) is 5.60 Å². The number of carbonyl (C=O) groups is 2. The zero-order valence-electron chi connectivity index (χ0n) is 26.6. The number of nitrogens with one attached hydrogen (secondary N) is 1. The van der Waals surface area contributed by atoms with Crippen molar-refractivity contribution in [2.24, 2.45) is 5.92 Å². The normalized spacial score (nSPS) is 16.8. The third kappa shape index (κ3) is 8.46. The molecule has 50 heavy (non-hydrogen) atoms. The van der Waals surface area contributed by atoms with E-state index >= 15 is 0 Å². The third-order valence-corrected chi connectivity index (χ3v) is 6.97. The molecule has 0 bridgehead atoms. The van der Waals surface area contributed by atoms with E-state index in [-0.39, 0.29) is 0 Å². The van der Waals surface area contributed by atoms with Crippen LogP contribution in [0.15, 0.2) is 30.3 Å². The predicted molar refractivity (Wildman–Crippen MR) is 139 cm³/mol. The molecule has 0 aromatic heterocycles. The Morgan fingerprint density at radius 3 is 1.54 bits per heavy atom. The minimum absolute atomic E-state index is 0.337. The smallest absolute Gasteiger partial charge is 0.458 e. The van der Waals surface area contributed by atoms with Crippen molar-refractivity contribution in [2.45, 2.75) is 113 Å². The van der Waals surface area contributed by atoms with Gasteiger partial charge in [0.1, 0.15) is 11.7 Å². The van der Waals surface area contributed by atoms with Crippen molar-refractivity contribution >= 4 is 12.1 Å². The van der Waals surface area contributed by atoms with Crippen LogP contribution in [0.2, 0.25) is 0 Å². The number of rotatable bonds is 14. The number of esters is 1. The van der Waals surface area contributed by atoms with Crippen molar-refractivity contribution in [1.29, 1.82) is 0 Å². The Morgan fingerprint density at radius 2 is 1.16 bits per heavy atom. The lowest BCUT2D eigenvalue weighted by Gasteiger charge is -2.40. The summed E-state index contributed by atoms with van der Waals surface area (Å²) in [6.45, 7) is 6.00. The first-order valence-electron chi connectivity index (χ1n) is 13.9. The minimum atomic E-state index is -8.20. The zero-order valence-corrected chi connectivity index (χ0v) is 26.6. The van der Waals surface area contributed by atoms with Gasteiger partial charge in [-0.1, -0.05) is 44.2 Å². The van der Waals surface area contributed by atoms with Gasteiger partial charge in [0.05, 0.1) is 6.04 Å². The number of hydrogen-bond acceptors (Lipinski definition) is 5. The molecule has 0 saturated heterocycles. The van der Waals surface area contributed by atoms with Crippen LogP contribution in [0.5, 0.6) is 0 Å². The van der Waals surface area contributed by atoms with Gasteiger partial charge in [-0.2, -0.15) is 70.2 Å². The second-order valence-electron chi connectivity index (χ2n) is 12.1. The van der Waals surface area contributed by atoms with E-state index in [1.54, 1.807) is 0 Å². The van der Waals surface area contributed by atoms with Crippen LogP contribution < -0.4 is 5.32 Å². The van der Waals surface area contributed by atoms with Crippen LogP contribution >= 0.6 is 0 Å². The summed E-state index contributed by atoms with van der Waals surface area (Å²) in [4.78, 5) is 25.7. The van der Waals surface area contributed by atoms with Crippen LogP contribution in [-0.2, 0) is 24.6 Å². The van der Waals surface area contributed by atoms with Gasteiger partial charge >= 0.3 is 54.0 Å². The second-order valence-corrected chi connectivity index (χ2v) is 12.1. The summed E-state index contributed by atoms with van der Waals surface area (Å²) < 4.78 is 235. The van der Waals surface area contributed by atoms with Crippen LogP contribution in [0.3, 0.4) is 0 Å². The topological polar surface area (TPSA) is 73.9 Å². The van der Waals surface area contributed by atoms with Crippen molar-refractivity contribution in [3.8, 4) is 0 Å². The van der Waals surface area contributed by atoms with E-state index in [9.17, 15) is 79.8 Å². The number of amides is 1. The SMILES string of the molecule is CO[C@@](C(=O)O[C@H](CCC(F)(F)C(F)(F)C(F)(F)C(F)(F)C(F)(F)C(F)(F)F)[C@@H](NC(=O)OC(C)(C)C)C(C)C)(c1ccccc1)C(F)(F)F. The molecule has 0 fully saturated rings. The molecule has 1 rings (SSSR count). The fourth-order valence-corrected chi connectivity index (χ4v) is 4.33. The number of alkyl halides is 16. The quantitative estimate of drug-likeness (QED) is 0.151. The molecule has 290 valence electrons. The number of carbonyl (C=O) groups excluding carboxylic acids is 2. The Hall–Kier alpha value is -3.20. The minimum Gasteiger partial charge on any atom is -0.458 e. The van der Waals surface area contributed by atoms with Gasteiger partial charge in [0.15, 0.2) is 0 Å². The van der Waals surface area contributed by atoms with Crippen LogP contribution in [0.25, 0.3) is 0 Å². The van der Waals surface area contributed by atoms with Crippen molar-refractivity contribution in [2.75, 3.05) is 7.11 Å². The third-order valence-electron chi connectivity index (χ3n) is 6.97. The largest absolute Gasteiger partial charge is 0.460 e. The Morgan fingerprint density at radius 1 is 0.700 bits per heavy atom. The molecule has 0 unspecified atom stereocenters. The highest BCUT2D eigenvalue weighted by Gasteiger charge is 2.90. The van der Waals surface area contributed by atoms with Crippen molar-refractivity contribution < 1.29 is 94.0 Å². The van der Waals surface area contributed by atoms with E-state index < -0.39 is 102 Å². The van der Waals surface area contributed by atoms with E-state index in [2.05, 4.69) is 4.74 Å². The number of benzene rings is 1. The lowest BCUT2D eigenvalue weighted by Crippen LogP contribution is -2.70. The summed E-state index contributed by atoms with van der Waals surface area (Å²) in [5.41, 5.74) is -6.47. The summed E-state index contributed by atoms with van der Waals surface area (Å²) in [5, 5.41) is 1.91. The Balaban J connectivity index is 3.80. The van der Waals surface area contributed by atoms with E-state index in [1.807, 2.05) is 5.32 Å². The average Bonchev–Trinajstić information content (AvgIpc) is 2.92. The van der Waals surface area contributed by atoms with E-state index in [1.165, 1.54) is 26.8 Å². The maximum absolute atomic E-state index is 14.8. The van der Waals surface area contributed by atoms with Crippen LogP contribution in [0, 0.1) is 5.92 Å². The van der Waals surface area contributed by atoms with Gasteiger partial charge in [-0.25, -0.2) is 9.59 Å². The van der Waals surface area contributed by atoms with Crippen molar-refractivity contribution in [3.63, 3.8) is 0 Å². The summed E-state index contributed by atoms with van der Waals surface area (Å²) in [5.74, 6) is -42.5. The fourth-order valence-electron chi connectivity index (χ4n) is 4.33. The summed E-state index contributed by atoms with van der Waals surface area (Å²) in [6.07, 6.45) is -22.6. The molecule has 1 aromatic carbocycles.